The molecule has 0 saturated carbocycles. The zero-order valence-corrected chi connectivity index (χ0v) is 9.89. The van der Waals surface area contributed by atoms with Crippen molar-refractivity contribution in [2.45, 2.75) is 11.8 Å². The highest BCUT2D eigenvalue weighted by molar-refractivity contribution is 9.09. The fraction of sp³-hybridized carbons (Fsp3) is 0.500. The number of alkyl halides is 1. The summed E-state index contributed by atoms with van der Waals surface area (Å²) in [6, 6.07) is 0. The van der Waals surface area contributed by atoms with Gasteiger partial charge in [-0.3, -0.25) is 0 Å². The highest BCUT2D eigenvalue weighted by Crippen LogP contribution is 2.28. The minimum Gasteiger partial charge on any atom is -0.215 e. The van der Waals surface area contributed by atoms with E-state index in [1.807, 2.05) is 13.0 Å². The predicted molar refractivity (Wildman–Crippen MR) is 57.1 cm³/mol. The lowest BCUT2D eigenvalue weighted by Crippen LogP contribution is -2.28. The molecule has 0 spiro atoms. The molecule has 0 radical (unpaired) electrons. The monoisotopic (exact) mass is 265 g/mol. The van der Waals surface area contributed by atoms with Crippen molar-refractivity contribution >= 4 is 26.0 Å². The SMILES string of the molecule is CNS(=O)(=O)C1=CC=CC(Br)C1C. The van der Waals surface area contributed by atoms with Gasteiger partial charge in [-0.15, -0.1) is 0 Å². The van der Waals surface area contributed by atoms with Crippen LogP contribution in [0, 0.1) is 5.92 Å². The summed E-state index contributed by atoms with van der Waals surface area (Å²) in [7, 11) is -1.85. The Labute approximate surface area is 87.1 Å². The minimum absolute atomic E-state index is 0.0255. The average Bonchev–Trinajstić information content (AvgIpc) is 2.09. The Hall–Kier alpha value is -0.130. The van der Waals surface area contributed by atoms with Gasteiger partial charge in [0, 0.05) is 10.7 Å². The Kier molecular flexibility index (Phi) is 3.32. The molecule has 13 heavy (non-hydrogen) atoms. The zero-order chi connectivity index (χ0) is 10.1. The largest absolute Gasteiger partial charge is 0.236 e. The van der Waals surface area contributed by atoms with Crippen LogP contribution in [0.25, 0.3) is 0 Å². The van der Waals surface area contributed by atoms with Crippen LogP contribution in [0.4, 0.5) is 0 Å². The van der Waals surface area contributed by atoms with E-state index in [1.54, 1.807) is 12.2 Å². The molecule has 3 nitrogen and oxygen atoms in total. The first-order chi connectivity index (χ1) is 5.99. The van der Waals surface area contributed by atoms with Gasteiger partial charge in [-0.1, -0.05) is 35.0 Å². The van der Waals surface area contributed by atoms with E-state index in [2.05, 4.69) is 20.7 Å². The molecule has 0 heterocycles. The number of nitrogens with one attached hydrogen (secondary N) is 1. The molecule has 0 bridgehead atoms. The van der Waals surface area contributed by atoms with E-state index in [0.717, 1.165) is 0 Å². The molecule has 5 heteroatoms. The van der Waals surface area contributed by atoms with Crippen LogP contribution in [0.15, 0.2) is 23.1 Å². The zero-order valence-electron chi connectivity index (χ0n) is 7.49. The molecular formula is C8H12BrNO2S. The lowest BCUT2D eigenvalue weighted by atomic mass is 10.0. The summed E-state index contributed by atoms with van der Waals surface area (Å²) < 4.78 is 25.3. The van der Waals surface area contributed by atoms with Crippen molar-refractivity contribution in [2.75, 3.05) is 7.05 Å². The van der Waals surface area contributed by atoms with Crippen LogP contribution in [0.5, 0.6) is 0 Å². The van der Waals surface area contributed by atoms with Crippen molar-refractivity contribution < 1.29 is 8.42 Å². The molecule has 74 valence electrons. The first-order valence-corrected chi connectivity index (χ1v) is 6.35. The van der Waals surface area contributed by atoms with Crippen molar-refractivity contribution in [1.29, 1.82) is 0 Å². The summed E-state index contributed by atoms with van der Waals surface area (Å²) in [5.74, 6) is -0.0255. The van der Waals surface area contributed by atoms with Gasteiger partial charge in [-0.05, 0) is 13.1 Å². The van der Waals surface area contributed by atoms with Crippen LogP contribution in [0.2, 0.25) is 0 Å². The normalized spacial score (nSPS) is 28.7. The van der Waals surface area contributed by atoms with Crippen LogP contribution in [0.3, 0.4) is 0 Å². The van der Waals surface area contributed by atoms with Crippen molar-refractivity contribution in [2.24, 2.45) is 5.92 Å². The van der Waals surface area contributed by atoms with Gasteiger partial charge in [0.1, 0.15) is 0 Å². The summed E-state index contributed by atoms with van der Waals surface area (Å²) in [5, 5.41) is 0. The summed E-state index contributed by atoms with van der Waals surface area (Å²) in [5.41, 5.74) is 0. The molecule has 1 rings (SSSR count). The van der Waals surface area contributed by atoms with Crippen molar-refractivity contribution in [3.05, 3.63) is 23.1 Å². The molecular weight excluding hydrogens is 254 g/mol. The summed E-state index contributed by atoms with van der Waals surface area (Å²) in [4.78, 5) is 0.523. The molecule has 0 aromatic heterocycles. The molecule has 0 saturated heterocycles. The fourth-order valence-corrected chi connectivity index (χ4v) is 2.95. The van der Waals surface area contributed by atoms with E-state index in [-0.39, 0.29) is 10.7 Å². The average molecular weight is 266 g/mol. The molecule has 0 aromatic rings. The third-order valence-electron chi connectivity index (χ3n) is 2.06. The minimum atomic E-state index is -3.27. The molecule has 2 atom stereocenters. The van der Waals surface area contributed by atoms with Crippen LogP contribution < -0.4 is 4.72 Å². The number of rotatable bonds is 2. The quantitative estimate of drug-likeness (QED) is 0.768. The maximum Gasteiger partial charge on any atom is 0.236 e. The standard InChI is InChI=1S/C8H12BrNO2S/c1-6-7(9)4-3-5-8(6)13(11,12)10-2/h3-7,10H,1-2H3. The second kappa shape index (κ2) is 3.94. The van der Waals surface area contributed by atoms with E-state index in [4.69, 9.17) is 0 Å². The van der Waals surface area contributed by atoms with Crippen molar-refractivity contribution in [3.8, 4) is 0 Å². The van der Waals surface area contributed by atoms with Crippen LogP contribution in [-0.4, -0.2) is 20.3 Å². The van der Waals surface area contributed by atoms with E-state index >= 15 is 0 Å². The van der Waals surface area contributed by atoms with Crippen LogP contribution in [-0.2, 0) is 10.0 Å². The Bertz CT molecular complexity index is 345. The summed E-state index contributed by atoms with van der Waals surface area (Å²) >= 11 is 3.40. The molecule has 0 fully saturated rings. The maximum atomic E-state index is 11.5. The second-order valence-corrected chi connectivity index (χ2v) is 5.84. The Balaban J connectivity index is 3.06. The van der Waals surface area contributed by atoms with E-state index in [9.17, 15) is 8.42 Å². The fourth-order valence-electron chi connectivity index (χ4n) is 1.18. The molecule has 0 aromatic carbocycles. The Morgan fingerprint density at radius 2 is 2.15 bits per heavy atom. The van der Waals surface area contributed by atoms with E-state index < -0.39 is 10.0 Å². The molecule has 0 amide bonds. The van der Waals surface area contributed by atoms with Crippen LogP contribution >= 0.6 is 15.9 Å². The predicted octanol–water partition coefficient (Wildman–Crippen LogP) is 1.39. The topological polar surface area (TPSA) is 46.2 Å². The number of halogens is 1. The van der Waals surface area contributed by atoms with Gasteiger partial charge >= 0.3 is 0 Å². The van der Waals surface area contributed by atoms with Gasteiger partial charge in [-0.2, -0.15) is 0 Å². The number of hydrogen-bond donors (Lipinski definition) is 1. The van der Waals surface area contributed by atoms with Crippen LogP contribution in [0.1, 0.15) is 6.92 Å². The Morgan fingerprint density at radius 3 is 2.69 bits per heavy atom. The molecule has 1 aliphatic carbocycles. The van der Waals surface area contributed by atoms with Gasteiger partial charge in [0.05, 0.1) is 4.91 Å². The molecule has 2 unspecified atom stereocenters. The van der Waals surface area contributed by atoms with Gasteiger partial charge in [0.25, 0.3) is 0 Å². The lowest BCUT2D eigenvalue weighted by molar-refractivity contribution is 0.584. The first-order valence-electron chi connectivity index (χ1n) is 3.95. The van der Waals surface area contributed by atoms with Gasteiger partial charge in [0.2, 0.25) is 10.0 Å². The van der Waals surface area contributed by atoms with Gasteiger partial charge in [0.15, 0.2) is 0 Å². The highest BCUT2D eigenvalue weighted by Gasteiger charge is 2.27. The first kappa shape index (κ1) is 10.9. The van der Waals surface area contributed by atoms with E-state index in [1.165, 1.54) is 7.05 Å². The highest BCUT2D eigenvalue weighted by atomic mass is 79.9. The smallest absolute Gasteiger partial charge is 0.215 e. The third-order valence-corrected chi connectivity index (χ3v) is 4.83. The van der Waals surface area contributed by atoms with Crippen molar-refractivity contribution in [1.82, 2.24) is 4.72 Å². The summed E-state index contributed by atoms with van der Waals surface area (Å²) in [6.07, 6.45) is 5.32. The number of sulfonamides is 1. The maximum absolute atomic E-state index is 11.5. The number of allylic oxidation sites excluding steroid dienone is 4. The molecule has 1 N–H and O–H groups in total. The van der Waals surface area contributed by atoms with Crippen molar-refractivity contribution in [3.63, 3.8) is 0 Å². The summed E-state index contributed by atoms with van der Waals surface area (Å²) in [6.45, 7) is 1.88. The third kappa shape index (κ3) is 2.21. The lowest BCUT2D eigenvalue weighted by Gasteiger charge is -2.21. The van der Waals surface area contributed by atoms with Gasteiger partial charge < -0.3 is 0 Å². The van der Waals surface area contributed by atoms with E-state index in [0.29, 0.717) is 4.91 Å². The second-order valence-electron chi connectivity index (χ2n) is 2.89. The number of hydrogen-bond acceptors (Lipinski definition) is 2. The Morgan fingerprint density at radius 1 is 1.54 bits per heavy atom. The molecule has 0 aliphatic heterocycles. The van der Waals surface area contributed by atoms with Gasteiger partial charge in [-0.25, -0.2) is 13.1 Å². The molecule has 1 aliphatic rings.